The lowest BCUT2D eigenvalue weighted by atomic mass is 10.6. The normalized spacial score (nSPS) is 9.11. The van der Waals surface area contributed by atoms with Gasteiger partial charge in [0.15, 0.2) is 0 Å². The molecule has 54 valence electrons. The van der Waals surface area contributed by atoms with Gasteiger partial charge >= 0.3 is 0 Å². The number of rotatable bonds is 4. The second-order valence-electron chi connectivity index (χ2n) is 1.55. The molecule has 0 atom stereocenters. The maximum Gasteiger partial charge on any atom is 0.233 e. The van der Waals surface area contributed by atoms with Crippen LogP contribution in [0.2, 0.25) is 0 Å². The summed E-state index contributed by atoms with van der Waals surface area (Å²) in [7, 11) is 0. The lowest BCUT2D eigenvalue weighted by Gasteiger charge is -1.99. The van der Waals surface area contributed by atoms with Gasteiger partial charge in [-0.25, -0.2) is 0 Å². The lowest BCUT2D eigenvalue weighted by Crippen LogP contribution is -2.31. The summed E-state index contributed by atoms with van der Waals surface area (Å²) >= 11 is 1.70. The highest BCUT2D eigenvalue weighted by Crippen LogP contribution is 1.86. The van der Waals surface area contributed by atoms with Crippen molar-refractivity contribution in [1.29, 1.82) is 0 Å². The molecule has 0 aliphatic carbocycles. The third-order valence-electron chi connectivity index (χ3n) is 0.814. The first-order chi connectivity index (χ1) is 4.31. The van der Waals surface area contributed by atoms with Crippen LogP contribution in [0.4, 0.5) is 0 Å². The van der Waals surface area contributed by atoms with Crippen LogP contribution in [0.1, 0.15) is 0 Å². The molecule has 4 heteroatoms. The van der Waals surface area contributed by atoms with E-state index in [0.29, 0.717) is 0 Å². The predicted molar refractivity (Wildman–Crippen MR) is 40.4 cm³/mol. The number of hydrogen-bond donors (Lipinski definition) is 2. The first-order valence-corrected chi connectivity index (χ1v) is 4.16. The van der Waals surface area contributed by atoms with Crippen LogP contribution in [-0.4, -0.2) is 31.0 Å². The quantitative estimate of drug-likeness (QED) is 0.525. The summed E-state index contributed by atoms with van der Waals surface area (Å²) in [5.41, 5.74) is 5.04. The number of carbonyl (C=O) groups excluding carboxylic acids is 1. The molecule has 0 radical (unpaired) electrons. The monoisotopic (exact) mass is 148 g/mol. The molecule has 9 heavy (non-hydrogen) atoms. The van der Waals surface area contributed by atoms with E-state index in [1.165, 1.54) is 0 Å². The van der Waals surface area contributed by atoms with Gasteiger partial charge < -0.3 is 11.1 Å². The molecule has 0 unspecified atom stereocenters. The molecule has 0 aromatic rings. The van der Waals surface area contributed by atoms with Crippen LogP contribution in [0, 0.1) is 0 Å². The minimum Gasteiger partial charge on any atom is -0.354 e. The van der Waals surface area contributed by atoms with Gasteiger partial charge in [-0.3, -0.25) is 4.79 Å². The lowest BCUT2D eigenvalue weighted by molar-refractivity contribution is -0.119. The maximum atomic E-state index is 10.4. The molecule has 0 bridgehead atoms. The Kier molecular flexibility index (Phi) is 5.76. The Hall–Kier alpha value is -0.220. The van der Waals surface area contributed by atoms with Crippen molar-refractivity contribution >= 4 is 17.7 Å². The largest absolute Gasteiger partial charge is 0.354 e. The summed E-state index contributed by atoms with van der Waals surface area (Å²) in [6.45, 7) is 0.811. The van der Waals surface area contributed by atoms with Crippen molar-refractivity contribution in [2.24, 2.45) is 5.73 Å². The van der Waals surface area contributed by atoms with E-state index in [1.54, 1.807) is 11.8 Å². The molecular weight excluding hydrogens is 136 g/mol. The first-order valence-electron chi connectivity index (χ1n) is 2.77. The van der Waals surface area contributed by atoms with E-state index < -0.39 is 0 Å². The molecule has 0 aliphatic heterocycles. The van der Waals surface area contributed by atoms with Crippen molar-refractivity contribution < 1.29 is 4.79 Å². The smallest absolute Gasteiger partial charge is 0.233 e. The summed E-state index contributed by atoms with van der Waals surface area (Å²) in [4.78, 5) is 10.4. The summed E-state index contributed by atoms with van der Waals surface area (Å²) < 4.78 is 0. The van der Waals surface area contributed by atoms with E-state index in [-0.39, 0.29) is 12.5 Å². The highest BCUT2D eigenvalue weighted by molar-refractivity contribution is 7.98. The third kappa shape index (κ3) is 5.65. The fourth-order valence-electron chi connectivity index (χ4n) is 0.365. The average molecular weight is 148 g/mol. The van der Waals surface area contributed by atoms with Gasteiger partial charge in [-0.2, -0.15) is 11.8 Å². The Balaban J connectivity index is 2.97. The zero-order valence-corrected chi connectivity index (χ0v) is 6.33. The summed E-state index contributed by atoms with van der Waals surface area (Å²) in [5, 5.41) is 2.65. The van der Waals surface area contributed by atoms with Crippen LogP contribution in [-0.2, 0) is 4.79 Å². The molecule has 0 heterocycles. The van der Waals surface area contributed by atoms with E-state index in [0.717, 1.165) is 12.3 Å². The van der Waals surface area contributed by atoms with Crippen molar-refractivity contribution in [3.63, 3.8) is 0 Å². The molecule has 0 aromatic carbocycles. The molecule has 0 saturated carbocycles. The van der Waals surface area contributed by atoms with E-state index in [2.05, 4.69) is 5.32 Å². The van der Waals surface area contributed by atoms with Crippen molar-refractivity contribution in [3.8, 4) is 0 Å². The zero-order chi connectivity index (χ0) is 7.11. The van der Waals surface area contributed by atoms with E-state index in [4.69, 9.17) is 5.73 Å². The van der Waals surface area contributed by atoms with E-state index >= 15 is 0 Å². The van der Waals surface area contributed by atoms with Crippen LogP contribution >= 0.6 is 11.8 Å². The highest BCUT2D eigenvalue weighted by Gasteiger charge is 1.92. The Labute approximate surface area is 59.4 Å². The Morgan fingerprint density at radius 2 is 2.44 bits per heavy atom. The summed E-state index contributed by atoms with van der Waals surface area (Å²) in [5.74, 6) is 0.871. The molecule has 0 fully saturated rings. The van der Waals surface area contributed by atoms with Gasteiger partial charge in [-0.05, 0) is 6.26 Å². The van der Waals surface area contributed by atoms with Crippen LogP contribution < -0.4 is 11.1 Å². The van der Waals surface area contributed by atoms with Crippen LogP contribution in [0.3, 0.4) is 0 Å². The van der Waals surface area contributed by atoms with Gasteiger partial charge in [0.05, 0.1) is 6.54 Å². The molecule has 3 nitrogen and oxygen atoms in total. The molecule has 3 N–H and O–H groups in total. The topological polar surface area (TPSA) is 55.1 Å². The fourth-order valence-corrected chi connectivity index (χ4v) is 0.671. The minimum absolute atomic E-state index is 0.0796. The van der Waals surface area contributed by atoms with Crippen LogP contribution in [0.15, 0.2) is 0 Å². The van der Waals surface area contributed by atoms with E-state index in [1.807, 2.05) is 6.26 Å². The Bertz CT molecular complexity index is 87.0. The fraction of sp³-hybridized carbons (Fsp3) is 0.800. The van der Waals surface area contributed by atoms with Crippen LogP contribution in [0.5, 0.6) is 0 Å². The number of nitrogens with one attached hydrogen (secondary N) is 1. The Morgan fingerprint density at radius 1 is 1.78 bits per heavy atom. The summed E-state index contributed by atoms with van der Waals surface area (Å²) in [6.07, 6.45) is 1.99. The predicted octanol–water partition coefficient (Wildman–Crippen LogP) is -0.576. The van der Waals surface area contributed by atoms with Gasteiger partial charge in [0.1, 0.15) is 0 Å². The number of hydrogen-bond acceptors (Lipinski definition) is 3. The molecule has 0 rings (SSSR count). The SMILES string of the molecule is CSCCNC(=O)CN. The van der Waals surface area contributed by atoms with Crippen molar-refractivity contribution in [1.82, 2.24) is 5.32 Å². The zero-order valence-electron chi connectivity index (χ0n) is 5.52. The van der Waals surface area contributed by atoms with Gasteiger partial charge in [0.25, 0.3) is 0 Å². The van der Waals surface area contributed by atoms with Gasteiger partial charge in [0.2, 0.25) is 5.91 Å². The average Bonchev–Trinajstić information content (AvgIpc) is 1.89. The molecular formula is C5H12N2OS. The van der Waals surface area contributed by atoms with Crippen molar-refractivity contribution in [2.75, 3.05) is 25.1 Å². The van der Waals surface area contributed by atoms with Crippen molar-refractivity contribution in [3.05, 3.63) is 0 Å². The number of nitrogens with two attached hydrogens (primary N) is 1. The molecule has 0 saturated heterocycles. The number of carbonyl (C=O) groups is 1. The standard InChI is InChI=1S/C5H12N2OS/c1-9-3-2-7-5(8)4-6/h2-4,6H2,1H3,(H,7,8). The molecule has 0 spiro atoms. The summed E-state index contributed by atoms with van der Waals surface area (Å²) in [6, 6.07) is 0. The second-order valence-corrected chi connectivity index (χ2v) is 2.53. The van der Waals surface area contributed by atoms with E-state index in [9.17, 15) is 4.79 Å². The van der Waals surface area contributed by atoms with Gasteiger partial charge in [0, 0.05) is 12.3 Å². The minimum atomic E-state index is -0.0796. The molecule has 1 amide bonds. The number of thioether (sulfide) groups is 1. The molecule has 0 aromatic heterocycles. The van der Waals surface area contributed by atoms with Gasteiger partial charge in [-0.1, -0.05) is 0 Å². The molecule has 0 aliphatic rings. The second kappa shape index (κ2) is 5.91. The van der Waals surface area contributed by atoms with Gasteiger partial charge in [-0.15, -0.1) is 0 Å². The Morgan fingerprint density at radius 3 is 2.89 bits per heavy atom. The highest BCUT2D eigenvalue weighted by atomic mass is 32.2. The van der Waals surface area contributed by atoms with Crippen LogP contribution in [0.25, 0.3) is 0 Å². The maximum absolute atomic E-state index is 10.4. The first kappa shape index (κ1) is 8.78. The van der Waals surface area contributed by atoms with Crippen molar-refractivity contribution in [2.45, 2.75) is 0 Å². The number of amides is 1. The third-order valence-corrected chi connectivity index (χ3v) is 1.43.